The number of sulfonamides is 1. The van der Waals surface area contributed by atoms with E-state index in [1.807, 2.05) is 0 Å². The van der Waals surface area contributed by atoms with Crippen LogP contribution in [0.2, 0.25) is 0 Å². The largest absolute Gasteiger partial charge is 0.480 e. The zero-order chi connectivity index (χ0) is 16.9. The van der Waals surface area contributed by atoms with E-state index in [0.29, 0.717) is 0 Å². The highest BCUT2D eigenvalue weighted by Gasteiger charge is 2.29. The molecule has 124 valence electrons. The average Bonchev–Trinajstić information content (AvgIpc) is 2.87. The van der Waals surface area contributed by atoms with Crippen LogP contribution in [0.15, 0.2) is 21.6 Å². The lowest BCUT2D eigenvalue weighted by molar-refractivity contribution is -0.139. The molecule has 0 radical (unpaired) electrons. The van der Waals surface area contributed by atoms with Crippen LogP contribution >= 0.6 is 0 Å². The molecule has 1 rings (SSSR count). The van der Waals surface area contributed by atoms with Crippen molar-refractivity contribution in [2.75, 3.05) is 6.61 Å². The molecule has 0 fully saturated rings. The normalized spacial score (nSPS) is 13.1. The maximum Gasteiger partial charge on any atom is 0.374 e. The van der Waals surface area contributed by atoms with Crippen molar-refractivity contribution >= 4 is 22.0 Å². The predicted octanol–water partition coefficient (Wildman–Crippen LogP) is 1.23. The van der Waals surface area contributed by atoms with Crippen LogP contribution in [0.1, 0.15) is 37.7 Å². The van der Waals surface area contributed by atoms with Crippen LogP contribution in [-0.4, -0.2) is 38.1 Å². The van der Waals surface area contributed by atoms with E-state index in [-0.39, 0.29) is 24.7 Å². The number of carbonyl (C=O) groups is 2. The van der Waals surface area contributed by atoms with Crippen molar-refractivity contribution in [2.45, 2.75) is 38.3 Å². The maximum absolute atomic E-state index is 12.1. The molecule has 1 atom stereocenters. The zero-order valence-electron chi connectivity index (χ0n) is 12.5. The summed E-state index contributed by atoms with van der Waals surface area (Å²) >= 11 is 0. The topological polar surface area (TPSA) is 123 Å². The number of esters is 1. The quantitative estimate of drug-likeness (QED) is 0.686. The first-order valence-electron chi connectivity index (χ1n) is 6.69. The lowest BCUT2D eigenvalue weighted by Gasteiger charge is -2.15. The third-order valence-corrected chi connectivity index (χ3v) is 3.97. The van der Waals surface area contributed by atoms with Crippen molar-refractivity contribution in [2.24, 2.45) is 5.92 Å². The molecule has 0 saturated carbocycles. The molecule has 0 unspecified atom stereocenters. The third-order valence-electron chi connectivity index (χ3n) is 2.63. The lowest BCUT2D eigenvalue weighted by Crippen LogP contribution is -2.41. The molecule has 2 N–H and O–H groups in total. The molecule has 0 amide bonds. The number of hydrogen-bond donors (Lipinski definition) is 2. The highest BCUT2D eigenvalue weighted by Crippen LogP contribution is 2.16. The van der Waals surface area contributed by atoms with Gasteiger partial charge in [-0.3, -0.25) is 4.79 Å². The molecule has 1 aromatic rings. The van der Waals surface area contributed by atoms with Gasteiger partial charge in [-0.1, -0.05) is 13.8 Å². The molecule has 0 aromatic carbocycles. The fourth-order valence-corrected chi connectivity index (χ4v) is 2.83. The molecule has 0 saturated heterocycles. The Morgan fingerprint density at radius 1 is 1.36 bits per heavy atom. The fourth-order valence-electron chi connectivity index (χ4n) is 1.69. The Morgan fingerprint density at radius 3 is 2.50 bits per heavy atom. The van der Waals surface area contributed by atoms with Gasteiger partial charge in [0.1, 0.15) is 6.04 Å². The van der Waals surface area contributed by atoms with E-state index in [1.54, 1.807) is 20.8 Å². The van der Waals surface area contributed by atoms with Crippen molar-refractivity contribution in [3.05, 3.63) is 17.9 Å². The summed E-state index contributed by atoms with van der Waals surface area (Å²) in [6, 6.07) is 0.953. The van der Waals surface area contributed by atoms with Gasteiger partial charge in [0.05, 0.1) is 6.61 Å². The Hall–Kier alpha value is -1.87. The number of furan rings is 1. The van der Waals surface area contributed by atoms with Crippen LogP contribution < -0.4 is 4.72 Å². The first-order chi connectivity index (χ1) is 10.2. The van der Waals surface area contributed by atoms with Gasteiger partial charge < -0.3 is 14.3 Å². The summed E-state index contributed by atoms with van der Waals surface area (Å²) in [6.07, 6.45) is 0.125. The minimum atomic E-state index is -4.18. The molecule has 0 spiro atoms. The fraction of sp³-hybridized carbons (Fsp3) is 0.538. The van der Waals surface area contributed by atoms with Crippen LogP contribution in [0.4, 0.5) is 0 Å². The van der Waals surface area contributed by atoms with Crippen molar-refractivity contribution in [3.63, 3.8) is 0 Å². The second-order valence-corrected chi connectivity index (χ2v) is 6.63. The second-order valence-electron chi connectivity index (χ2n) is 4.98. The second kappa shape index (κ2) is 7.41. The number of ether oxygens (including phenoxy) is 1. The maximum atomic E-state index is 12.1. The molecule has 0 aliphatic carbocycles. The van der Waals surface area contributed by atoms with Crippen molar-refractivity contribution in [1.82, 2.24) is 4.72 Å². The van der Waals surface area contributed by atoms with E-state index in [4.69, 9.17) is 9.52 Å². The van der Waals surface area contributed by atoms with Crippen LogP contribution in [0.25, 0.3) is 0 Å². The summed E-state index contributed by atoms with van der Waals surface area (Å²) in [6.45, 7) is 5.27. The number of carboxylic acids is 1. The Kier molecular flexibility index (Phi) is 6.12. The van der Waals surface area contributed by atoms with E-state index in [1.165, 1.54) is 0 Å². The first kappa shape index (κ1) is 18.2. The number of rotatable bonds is 8. The number of carbonyl (C=O) groups excluding carboxylic acids is 1. The van der Waals surface area contributed by atoms with Gasteiger partial charge in [0, 0.05) is 0 Å². The van der Waals surface area contributed by atoms with Crippen LogP contribution in [0.5, 0.6) is 0 Å². The number of hydrogen-bond acceptors (Lipinski definition) is 6. The molecule has 22 heavy (non-hydrogen) atoms. The number of carboxylic acid groups (broad SMARTS) is 1. The van der Waals surface area contributed by atoms with E-state index in [0.717, 1.165) is 12.1 Å². The highest BCUT2D eigenvalue weighted by molar-refractivity contribution is 7.89. The zero-order valence-corrected chi connectivity index (χ0v) is 13.3. The van der Waals surface area contributed by atoms with Gasteiger partial charge in [-0.25, -0.2) is 13.2 Å². The number of nitrogens with one attached hydrogen (secondary N) is 1. The first-order valence-corrected chi connectivity index (χ1v) is 8.17. The van der Waals surface area contributed by atoms with Crippen LogP contribution in [-0.2, 0) is 19.6 Å². The van der Waals surface area contributed by atoms with Gasteiger partial charge in [0.25, 0.3) is 10.0 Å². The smallest absolute Gasteiger partial charge is 0.374 e. The van der Waals surface area contributed by atoms with Crippen LogP contribution in [0.3, 0.4) is 0 Å². The molecule has 0 bridgehead atoms. The third kappa shape index (κ3) is 4.85. The summed E-state index contributed by atoms with van der Waals surface area (Å²) in [5.41, 5.74) is 0. The highest BCUT2D eigenvalue weighted by atomic mass is 32.2. The van der Waals surface area contributed by atoms with Crippen molar-refractivity contribution < 1.29 is 32.3 Å². The summed E-state index contributed by atoms with van der Waals surface area (Å²) in [5, 5.41) is 8.53. The Morgan fingerprint density at radius 2 is 2.00 bits per heavy atom. The molecule has 0 aliphatic heterocycles. The summed E-state index contributed by atoms with van der Waals surface area (Å²) in [4.78, 5) is 22.5. The van der Waals surface area contributed by atoms with Gasteiger partial charge >= 0.3 is 11.9 Å². The molecular formula is C13H19NO7S. The van der Waals surface area contributed by atoms with Crippen LogP contribution in [0, 0.1) is 5.92 Å². The standard InChI is InChI=1S/C13H19NO7S/c1-4-20-13(17)10-5-6-11(21-10)22(18,19)14-9(12(15)16)7-8(2)3/h5-6,8-9,14H,4,7H2,1-3H3,(H,15,16)/t9-/m1/s1. The monoisotopic (exact) mass is 333 g/mol. The summed E-state index contributed by atoms with van der Waals surface area (Å²) in [5.74, 6) is -2.36. The lowest BCUT2D eigenvalue weighted by atomic mass is 10.1. The molecule has 8 nitrogen and oxygen atoms in total. The summed E-state index contributed by atoms with van der Waals surface area (Å²) < 4.78 is 35.9. The van der Waals surface area contributed by atoms with E-state index < -0.39 is 33.1 Å². The van der Waals surface area contributed by atoms with E-state index in [2.05, 4.69) is 9.46 Å². The van der Waals surface area contributed by atoms with Crippen molar-refractivity contribution in [1.29, 1.82) is 0 Å². The van der Waals surface area contributed by atoms with Gasteiger partial charge in [-0.2, -0.15) is 4.72 Å². The van der Waals surface area contributed by atoms with Gasteiger partial charge in [0.15, 0.2) is 0 Å². The SMILES string of the molecule is CCOC(=O)c1ccc(S(=O)(=O)N[C@H](CC(C)C)C(=O)O)o1. The molecule has 1 heterocycles. The van der Waals surface area contributed by atoms with E-state index >= 15 is 0 Å². The minimum absolute atomic E-state index is 0.0181. The Bertz CT molecular complexity index is 633. The Balaban J connectivity index is 2.94. The molecule has 0 aliphatic rings. The van der Waals surface area contributed by atoms with E-state index in [9.17, 15) is 18.0 Å². The number of aliphatic carboxylic acids is 1. The molecule has 9 heteroatoms. The van der Waals surface area contributed by atoms with Crippen molar-refractivity contribution in [3.8, 4) is 0 Å². The Labute approximate surface area is 128 Å². The minimum Gasteiger partial charge on any atom is -0.480 e. The van der Waals surface area contributed by atoms with Gasteiger partial charge in [-0.15, -0.1) is 0 Å². The summed E-state index contributed by atoms with van der Waals surface area (Å²) in [7, 11) is -4.18. The predicted molar refractivity (Wildman–Crippen MR) is 75.9 cm³/mol. The van der Waals surface area contributed by atoms with Gasteiger partial charge in [0.2, 0.25) is 10.9 Å². The molecular weight excluding hydrogens is 314 g/mol. The molecule has 1 aromatic heterocycles. The average molecular weight is 333 g/mol. The van der Waals surface area contributed by atoms with Gasteiger partial charge in [-0.05, 0) is 31.4 Å².